The zero-order chi connectivity index (χ0) is 16.2. The molecule has 2 rings (SSSR count). The van der Waals surface area contributed by atoms with Crippen molar-refractivity contribution >= 4 is 33.3 Å². The van der Waals surface area contributed by atoms with E-state index in [4.69, 9.17) is 5.11 Å². The van der Waals surface area contributed by atoms with Crippen LogP contribution in [0.4, 0.5) is 0 Å². The van der Waals surface area contributed by atoms with Gasteiger partial charge >= 0.3 is 5.97 Å². The van der Waals surface area contributed by atoms with E-state index in [1.54, 1.807) is 11.3 Å². The van der Waals surface area contributed by atoms with Gasteiger partial charge in [-0.15, -0.1) is 11.3 Å². The van der Waals surface area contributed by atoms with Crippen LogP contribution in [0.1, 0.15) is 25.3 Å². The summed E-state index contributed by atoms with van der Waals surface area (Å²) >= 11 is 1.69. The molecule has 1 aromatic heterocycles. The number of aryl methyl sites for hydroxylation is 1. The van der Waals surface area contributed by atoms with Crippen LogP contribution >= 0.6 is 11.3 Å². The number of amides is 1. The van der Waals surface area contributed by atoms with Crippen LogP contribution in [0.3, 0.4) is 0 Å². The van der Waals surface area contributed by atoms with Crippen LogP contribution in [-0.4, -0.2) is 34.2 Å². The van der Waals surface area contributed by atoms with E-state index >= 15 is 0 Å². The number of hydrogen-bond donors (Lipinski definition) is 3. The summed E-state index contributed by atoms with van der Waals surface area (Å²) in [4.78, 5) is 22.4. The van der Waals surface area contributed by atoms with Crippen molar-refractivity contribution in [2.75, 3.05) is 6.54 Å². The highest BCUT2D eigenvalue weighted by atomic mass is 32.1. The topological polar surface area (TPSA) is 86.6 Å². The summed E-state index contributed by atoms with van der Waals surface area (Å²) in [6.45, 7) is 0.871. The van der Waals surface area contributed by atoms with Crippen LogP contribution in [0, 0.1) is 0 Å². The fourth-order valence-corrected chi connectivity index (χ4v) is 3.10. The fraction of sp³-hybridized carbons (Fsp3) is 0.375. The first-order chi connectivity index (χ1) is 10.4. The number of carboxylic acid groups (broad SMARTS) is 1. The molecular formula is C16H19NO4S. The van der Waals surface area contributed by atoms with E-state index < -0.39 is 11.6 Å². The van der Waals surface area contributed by atoms with Crippen LogP contribution in [0.5, 0.6) is 0 Å². The Balaban J connectivity index is 1.79. The van der Waals surface area contributed by atoms with Crippen LogP contribution in [-0.2, 0) is 16.0 Å². The summed E-state index contributed by atoms with van der Waals surface area (Å²) < 4.78 is 1.24. The molecule has 0 aliphatic rings. The number of rotatable bonds is 7. The Morgan fingerprint density at radius 1 is 1.32 bits per heavy atom. The van der Waals surface area contributed by atoms with Crippen molar-refractivity contribution in [1.82, 2.24) is 5.32 Å². The van der Waals surface area contributed by atoms with Crippen LogP contribution < -0.4 is 5.32 Å². The highest BCUT2D eigenvalue weighted by Gasteiger charge is 2.30. The smallest absolute Gasteiger partial charge is 0.337 e. The van der Waals surface area contributed by atoms with Crippen molar-refractivity contribution in [2.45, 2.75) is 31.8 Å². The zero-order valence-electron chi connectivity index (χ0n) is 12.3. The minimum Gasteiger partial charge on any atom is -0.479 e. The first kappa shape index (κ1) is 16.5. The number of carbonyl (C=O) groups excluding carboxylic acids is 1. The maximum atomic E-state index is 11.7. The zero-order valence-corrected chi connectivity index (χ0v) is 13.2. The third-order valence-corrected chi connectivity index (χ3v) is 4.51. The van der Waals surface area contributed by atoms with E-state index in [0.29, 0.717) is 12.8 Å². The average molecular weight is 321 g/mol. The number of carbonyl (C=O) groups is 2. The molecule has 1 heterocycles. The summed E-state index contributed by atoms with van der Waals surface area (Å²) in [5, 5.41) is 24.1. The fourth-order valence-electron chi connectivity index (χ4n) is 2.10. The molecule has 0 radical (unpaired) electrons. The molecule has 1 aromatic carbocycles. The van der Waals surface area contributed by atoms with Gasteiger partial charge in [0, 0.05) is 11.1 Å². The number of aliphatic hydroxyl groups is 1. The maximum absolute atomic E-state index is 11.7. The number of carboxylic acids is 1. The monoisotopic (exact) mass is 321 g/mol. The lowest BCUT2D eigenvalue weighted by Crippen LogP contribution is -2.46. The van der Waals surface area contributed by atoms with E-state index in [0.717, 1.165) is 13.3 Å². The number of hydrogen-bond acceptors (Lipinski definition) is 4. The lowest BCUT2D eigenvalue weighted by molar-refractivity contribution is -0.156. The van der Waals surface area contributed by atoms with E-state index in [2.05, 4.69) is 22.8 Å². The van der Waals surface area contributed by atoms with Gasteiger partial charge in [0.15, 0.2) is 5.60 Å². The lowest BCUT2D eigenvalue weighted by Gasteiger charge is -2.18. The number of thiophene rings is 1. The maximum Gasteiger partial charge on any atom is 0.337 e. The summed E-state index contributed by atoms with van der Waals surface area (Å²) in [7, 11) is 0. The van der Waals surface area contributed by atoms with Gasteiger partial charge in [-0.25, -0.2) is 4.79 Å². The molecular weight excluding hydrogens is 302 g/mol. The molecule has 0 spiro atoms. The van der Waals surface area contributed by atoms with Gasteiger partial charge in [-0.3, -0.25) is 4.79 Å². The SMILES string of the molecule is CC(O)(CNC(=O)CCCc1csc2ccccc12)C(=O)O. The number of aliphatic carboxylic acids is 1. The Morgan fingerprint density at radius 3 is 2.77 bits per heavy atom. The highest BCUT2D eigenvalue weighted by Crippen LogP contribution is 2.26. The lowest BCUT2D eigenvalue weighted by atomic mass is 10.1. The molecule has 0 fully saturated rings. The van der Waals surface area contributed by atoms with Gasteiger partial charge in [0.2, 0.25) is 5.91 Å². The number of benzene rings is 1. The van der Waals surface area contributed by atoms with E-state index in [-0.39, 0.29) is 12.5 Å². The first-order valence-corrected chi connectivity index (χ1v) is 7.96. The standard InChI is InChI=1S/C16H19NO4S/c1-16(21,15(19)20)10-17-14(18)8-4-5-11-9-22-13-7-3-2-6-12(11)13/h2-3,6-7,9,21H,4-5,8,10H2,1H3,(H,17,18)(H,19,20). The largest absolute Gasteiger partial charge is 0.479 e. The Labute approximate surface area is 132 Å². The van der Waals surface area contributed by atoms with Crippen LogP contribution in [0.15, 0.2) is 29.6 Å². The summed E-state index contributed by atoms with van der Waals surface area (Å²) in [6.07, 6.45) is 1.79. The second kappa shape index (κ2) is 6.89. The van der Waals surface area contributed by atoms with Gasteiger partial charge in [-0.2, -0.15) is 0 Å². The Kier molecular flexibility index (Phi) is 5.15. The minimum atomic E-state index is -1.93. The van der Waals surface area contributed by atoms with Gasteiger partial charge in [-0.05, 0) is 42.2 Å². The predicted octanol–water partition coefficient (Wildman–Crippen LogP) is 2.18. The van der Waals surface area contributed by atoms with E-state index in [1.807, 2.05) is 12.1 Å². The second-order valence-electron chi connectivity index (χ2n) is 5.47. The van der Waals surface area contributed by atoms with Crippen molar-refractivity contribution < 1.29 is 19.8 Å². The summed E-state index contributed by atoms with van der Waals surface area (Å²) in [5.41, 5.74) is -0.704. The molecule has 22 heavy (non-hydrogen) atoms. The number of fused-ring (bicyclic) bond motifs is 1. The molecule has 118 valence electrons. The van der Waals surface area contributed by atoms with Gasteiger partial charge in [0.25, 0.3) is 0 Å². The van der Waals surface area contributed by atoms with Crippen molar-refractivity contribution in [3.05, 3.63) is 35.2 Å². The highest BCUT2D eigenvalue weighted by molar-refractivity contribution is 7.17. The Hall–Kier alpha value is -1.92. The average Bonchev–Trinajstić information content (AvgIpc) is 2.89. The molecule has 0 aliphatic heterocycles. The second-order valence-corrected chi connectivity index (χ2v) is 6.38. The quantitative estimate of drug-likeness (QED) is 0.729. The molecule has 1 unspecified atom stereocenters. The van der Waals surface area contributed by atoms with E-state index in [1.165, 1.54) is 15.6 Å². The third-order valence-electron chi connectivity index (χ3n) is 3.50. The minimum absolute atomic E-state index is 0.249. The normalized spacial score (nSPS) is 13.7. The van der Waals surface area contributed by atoms with Gasteiger partial charge in [0.1, 0.15) is 0 Å². The summed E-state index contributed by atoms with van der Waals surface area (Å²) in [6, 6.07) is 8.15. The van der Waals surface area contributed by atoms with Crippen molar-refractivity contribution in [3.8, 4) is 0 Å². The van der Waals surface area contributed by atoms with Gasteiger partial charge in [0.05, 0.1) is 6.54 Å². The van der Waals surface area contributed by atoms with Crippen molar-refractivity contribution in [3.63, 3.8) is 0 Å². The molecule has 0 saturated carbocycles. The van der Waals surface area contributed by atoms with Crippen LogP contribution in [0.25, 0.3) is 10.1 Å². The molecule has 5 nitrogen and oxygen atoms in total. The van der Waals surface area contributed by atoms with Gasteiger partial charge < -0.3 is 15.5 Å². The molecule has 1 amide bonds. The summed E-state index contributed by atoms with van der Waals surface area (Å²) in [5.74, 6) is -1.60. The third kappa shape index (κ3) is 4.05. The molecule has 2 aromatic rings. The molecule has 0 bridgehead atoms. The Morgan fingerprint density at radius 2 is 2.05 bits per heavy atom. The van der Waals surface area contributed by atoms with E-state index in [9.17, 15) is 14.7 Å². The molecule has 0 saturated heterocycles. The Bertz CT molecular complexity index is 678. The first-order valence-electron chi connectivity index (χ1n) is 7.08. The van der Waals surface area contributed by atoms with Crippen molar-refractivity contribution in [2.24, 2.45) is 0 Å². The van der Waals surface area contributed by atoms with Crippen LogP contribution in [0.2, 0.25) is 0 Å². The molecule has 0 aliphatic carbocycles. The number of nitrogens with one attached hydrogen (secondary N) is 1. The molecule has 3 N–H and O–H groups in total. The molecule has 6 heteroatoms. The predicted molar refractivity (Wildman–Crippen MR) is 86.0 cm³/mol. The van der Waals surface area contributed by atoms with Gasteiger partial charge in [-0.1, -0.05) is 18.2 Å². The van der Waals surface area contributed by atoms with Crippen molar-refractivity contribution in [1.29, 1.82) is 0 Å². The molecule has 1 atom stereocenters.